The third-order valence-electron chi connectivity index (χ3n) is 1.45. The van der Waals surface area contributed by atoms with Crippen molar-refractivity contribution in [1.82, 2.24) is 0 Å². The molecule has 0 aromatic carbocycles. The molecule has 0 atom stereocenters. The molecule has 0 rings (SSSR count). The van der Waals surface area contributed by atoms with E-state index in [1.165, 1.54) is 0 Å². The second-order valence-corrected chi connectivity index (χ2v) is 2.64. The van der Waals surface area contributed by atoms with Crippen LogP contribution in [0.4, 0.5) is 0 Å². The van der Waals surface area contributed by atoms with E-state index >= 15 is 0 Å². The number of allylic oxidation sites excluding steroid dienone is 1. The largest absolute Gasteiger partial charge is 0.478 e. The smallest absolute Gasteiger partial charge is 0.331 e. The summed E-state index contributed by atoms with van der Waals surface area (Å²) in [5.74, 6) is -0.210. The summed E-state index contributed by atoms with van der Waals surface area (Å²) in [7, 11) is 0. The summed E-state index contributed by atoms with van der Waals surface area (Å²) in [5, 5.41) is 8.57. The number of carboxylic acid groups (broad SMARTS) is 1. The van der Waals surface area contributed by atoms with E-state index in [0.717, 1.165) is 12.8 Å². The molecule has 0 heterocycles. The van der Waals surface area contributed by atoms with E-state index in [4.69, 9.17) is 16.7 Å². The van der Waals surface area contributed by atoms with E-state index in [-0.39, 0.29) is 0 Å². The first-order valence-electron chi connectivity index (χ1n) is 3.66. The fourth-order valence-corrected chi connectivity index (χ4v) is 0.974. The van der Waals surface area contributed by atoms with Crippen LogP contribution in [0.15, 0.2) is 11.6 Å². The van der Waals surface area contributed by atoms with E-state index in [9.17, 15) is 4.79 Å². The quantitative estimate of drug-likeness (QED) is 0.397. The Labute approximate surface area is 71.9 Å². The van der Waals surface area contributed by atoms with Crippen molar-refractivity contribution in [3.63, 3.8) is 0 Å². The zero-order valence-electron chi connectivity index (χ0n) is 6.64. The molecule has 0 aromatic heterocycles. The van der Waals surface area contributed by atoms with Gasteiger partial charge in [0.25, 0.3) is 0 Å². The lowest BCUT2D eigenvalue weighted by atomic mass is 10.1. The average Bonchev–Trinajstić information content (AvgIpc) is 1.97. The molecule has 0 aromatic rings. The molecule has 0 radical (unpaired) electrons. The number of carbonyl (C=O) groups is 1. The number of carboxylic acids is 1. The molecule has 1 N–H and O–H groups in total. The molecule has 0 aliphatic carbocycles. The second-order valence-electron chi connectivity index (χ2n) is 2.27. The van der Waals surface area contributed by atoms with Crippen LogP contribution in [0.1, 0.15) is 26.2 Å². The maximum absolute atomic E-state index is 10.4. The van der Waals surface area contributed by atoms with E-state index in [2.05, 4.69) is 0 Å². The van der Waals surface area contributed by atoms with Gasteiger partial charge in [0, 0.05) is 11.5 Å². The lowest BCUT2D eigenvalue weighted by molar-refractivity contribution is -0.132. The zero-order valence-corrected chi connectivity index (χ0v) is 7.40. The summed E-state index contributed by atoms with van der Waals surface area (Å²) in [6, 6.07) is 0. The predicted molar refractivity (Wildman–Crippen MR) is 46.0 cm³/mol. The molecule has 2 nitrogen and oxygen atoms in total. The van der Waals surface area contributed by atoms with Gasteiger partial charge in [-0.2, -0.15) is 0 Å². The predicted octanol–water partition coefficient (Wildman–Crippen LogP) is 2.43. The number of alkyl halides is 1. The van der Waals surface area contributed by atoms with E-state index in [0.29, 0.717) is 17.9 Å². The molecule has 0 saturated heterocycles. The van der Waals surface area contributed by atoms with Crippen LogP contribution >= 0.6 is 11.6 Å². The van der Waals surface area contributed by atoms with Gasteiger partial charge in [0.1, 0.15) is 0 Å². The molecule has 11 heavy (non-hydrogen) atoms. The SMILES string of the molecule is CC=C(CCCCCl)C(=O)O. The Bertz CT molecular complexity index is 152. The molecule has 0 aliphatic rings. The Hall–Kier alpha value is -0.500. The van der Waals surface area contributed by atoms with Crippen LogP contribution in [0.25, 0.3) is 0 Å². The third-order valence-corrected chi connectivity index (χ3v) is 1.72. The molecular formula is C8H13ClO2. The minimum absolute atomic E-state index is 0.482. The Morgan fingerprint density at radius 2 is 2.18 bits per heavy atom. The first-order chi connectivity index (χ1) is 5.22. The highest BCUT2D eigenvalue weighted by atomic mass is 35.5. The van der Waals surface area contributed by atoms with Gasteiger partial charge in [-0.1, -0.05) is 6.08 Å². The molecule has 0 fully saturated rings. The fourth-order valence-electron chi connectivity index (χ4n) is 0.785. The molecule has 3 heteroatoms. The van der Waals surface area contributed by atoms with Crippen molar-refractivity contribution >= 4 is 17.6 Å². The van der Waals surface area contributed by atoms with Gasteiger partial charge in [-0.15, -0.1) is 11.6 Å². The number of halogens is 1. The lowest BCUT2D eigenvalue weighted by Crippen LogP contribution is -1.99. The summed E-state index contributed by atoms with van der Waals surface area (Å²) in [5.41, 5.74) is 0.482. The van der Waals surface area contributed by atoms with Crippen LogP contribution < -0.4 is 0 Å². The van der Waals surface area contributed by atoms with Crippen molar-refractivity contribution in [2.45, 2.75) is 26.2 Å². The van der Waals surface area contributed by atoms with Gasteiger partial charge in [0.2, 0.25) is 0 Å². The number of unbranched alkanes of at least 4 members (excludes halogenated alkanes) is 1. The Kier molecular flexibility index (Phi) is 5.94. The summed E-state index contributed by atoms with van der Waals surface area (Å²) < 4.78 is 0. The van der Waals surface area contributed by atoms with Gasteiger partial charge in [-0.05, 0) is 26.2 Å². The van der Waals surface area contributed by atoms with Gasteiger partial charge in [0.05, 0.1) is 0 Å². The molecule has 64 valence electrons. The van der Waals surface area contributed by atoms with E-state index in [1.54, 1.807) is 13.0 Å². The van der Waals surface area contributed by atoms with Crippen LogP contribution in [0.2, 0.25) is 0 Å². The second kappa shape index (κ2) is 6.23. The Morgan fingerprint density at radius 3 is 2.55 bits per heavy atom. The number of rotatable bonds is 5. The summed E-state index contributed by atoms with van der Waals surface area (Å²) in [4.78, 5) is 10.4. The van der Waals surface area contributed by atoms with Crippen molar-refractivity contribution in [1.29, 1.82) is 0 Å². The lowest BCUT2D eigenvalue weighted by Gasteiger charge is -1.98. The highest BCUT2D eigenvalue weighted by Crippen LogP contribution is 2.07. The summed E-state index contributed by atoms with van der Waals surface area (Å²) >= 11 is 5.44. The first kappa shape index (κ1) is 10.5. The van der Waals surface area contributed by atoms with Crippen LogP contribution in [0.3, 0.4) is 0 Å². The highest BCUT2D eigenvalue weighted by molar-refractivity contribution is 6.17. The van der Waals surface area contributed by atoms with E-state index < -0.39 is 5.97 Å². The summed E-state index contributed by atoms with van der Waals surface area (Å²) in [6.45, 7) is 1.74. The van der Waals surface area contributed by atoms with Crippen molar-refractivity contribution in [3.8, 4) is 0 Å². The maximum atomic E-state index is 10.4. The van der Waals surface area contributed by atoms with Crippen LogP contribution in [0.5, 0.6) is 0 Å². The van der Waals surface area contributed by atoms with Gasteiger partial charge >= 0.3 is 5.97 Å². The van der Waals surface area contributed by atoms with Gasteiger partial charge in [-0.25, -0.2) is 4.79 Å². The normalized spacial score (nSPS) is 11.6. The average molecular weight is 177 g/mol. The van der Waals surface area contributed by atoms with Crippen molar-refractivity contribution in [2.24, 2.45) is 0 Å². The molecule has 0 aliphatic heterocycles. The molecule has 0 amide bonds. The van der Waals surface area contributed by atoms with Crippen molar-refractivity contribution in [3.05, 3.63) is 11.6 Å². The molecule has 0 saturated carbocycles. The maximum Gasteiger partial charge on any atom is 0.331 e. The monoisotopic (exact) mass is 176 g/mol. The minimum atomic E-state index is -0.818. The third kappa shape index (κ3) is 4.85. The highest BCUT2D eigenvalue weighted by Gasteiger charge is 2.03. The molecule has 0 unspecified atom stereocenters. The minimum Gasteiger partial charge on any atom is -0.478 e. The van der Waals surface area contributed by atoms with Crippen molar-refractivity contribution < 1.29 is 9.90 Å². The zero-order chi connectivity index (χ0) is 8.69. The molecular weight excluding hydrogens is 164 g/mol. The van der Waals surface area contributed by atoms with Crippen LogP contribution in [0, 0.1) is 0 Å². The standard InChI is InChI=1S/C8H13ClO2/c1-2-7(8(10)11)5-3-4-6-9/h2H,3-6H2,1H3,(H,10,11). The molecule has 0 bridgehead atoms. The summed E-state index contributed by atoms with van der Waals surface area (Å²) in [6.07, 6.45) is 4.00. The molecule has 0 spiro atoms. The number of hydrogen-bond donors (Lipinski definition) is 1. The number of aliphatic carboxylic acids is 1. The van der Waals surface area contributed by atoms with Gasteiger partial charge < -0.3 is 5.11 Å². The first-order valence-corrected chi connectivity index (χ1v) is 4.20. The Morgan fingerprint density at radius 1 is 1.55 bits per heavy atom. The van der Waals surface area contributed by atoms with Crippen LogP contribution in [-0.4, -0.2) is 17.0 Å². The van der Waals surface area contributed by atoms with Gasteiger partial charge in [-0.3, -0.25) is 0 Å². The number of hydrogen-bond acceptors (Lipinski definition) is 1. The Balaban J connectivity index is 3.63. The topological polar surface area (TPSA) is 37.3 Å². The van der Waals surface area contributed by atoms with Crippen molar-refractivity contribution in [2.75, 3.05) is 5.88 Å². The van der Waals surface area contributed by atoms with E-state index in [1.807, 2.05) is 0 Å². The van der Waals surface area contributed by atoms with Crippen LogP contribution in [-0.2, 0) is 4.79 Å². The van der Waals surface area contributed by atoms with Gasteiger partial charge in [0.15, 0.2) is 0 Å². The fraction of sp³-hybridized carbons (Fsp3) is 0.625.